The zero-order valence-corrected chi connectivity index (χ0v) is 15.4. The average Bonchev–Trinajstić information content (AvgIpc) is 3.16. The first-order valence-electron chi connectivity index (χ1n) is 7.99. The SMILES string of the molecule is CC.COC(=O)c1ccc2c(C3CCCC3)c(Br)n(C)c2c1. The van der Waals surface area contributed by atoms with Crippen molar-refractivity contribution < 1.29 is 9.53 Å². The molecule has 3 rings (SSSR count). The number of nitrogens with zero attached hydrogens (tertiary/aromatic N) is 1. The van der Waals surface area contributed by atoms with Crippen LogP contribution < -0.4 is 0 Å². The van der Waals surface area contributed by atoms with Crippen LogP contribution in [0.5, 0.6) is 0 Å². The van der Waals surface area contributed by atoms with E-state index in [0.717, 1.165) is 10.1 Å². The fraction of sp³-hybridized carbons (Fsp3) is 0.500. The molecule has 22 heavy (non-hydrogen) atoms. The maximum Gasteiger partial charge on any atom is 0.337 e. The number of benzene rings is 1. The number of aryl methyl sites for hydroxylation is 1. The van der Waals surface area contributed by atoms with Crippen molar-refractivity contribution in [3.63, 3.8) is 0 Å². The number of aromatic nitrogens is 1. The maximum atomic E-state index is 11.7. The summed E-state index contributed by atoms with van der Waals surface area (Å²) in [5.41, 5.74) is 3.09. The zero-order chi connectivity index (χ0) is 16.3. The van der Waals surface area contributed by atoms with Crippen LogP contribution in [0.25, 0.3) is 10.9 Å². The fourth-order valence-electron chi connectivity index (χ4n) is 3.28. The molecule has 2 aromatic rings. The predicted molar refractivity (Wildman–Crippen MR) is 94.5 cm³/mol. The van der Waals surface area contributed by atoms with E-state index >= 15 is 0 Å². The minimum Gasteiger partial charge on any atom is -0.465 e. The molecule has 0 amide bonds. The van der Waals surface area contributed by atoms with E-state index in [0.29, 0.717) is 11.5 Å². The van der Waals surface area contributed by atoms with Gasteiger partial charge in [-0.05, 0) is 52.4 Å². The number of carbonyl (C=O) groups is 1. The van der Waals surface area contributed by atoms with E-state index in [9.17, 15) is 4.79 Å². The summed E-state index contributed by atoms with van der Waals surface area (Å²) < 4.78 is 8.06. The molecule has 1 heterocycles. The van der Waals surface area contributed by atoms with Gasteiger partial charge in [-0.2, -0.15) is 0 Å². The van der Waals surface area contributed by atoms with Gasteiger partial charge >= 0.3 is 5.97 Å². The Morgan fingerprint density at radius 1 is 1.27 bits per heavy atom. The van der Waals surface area contributed by atoms with Gasteiger partial charge in [-0.25, -0.2) is 4.79 Å². The third-order valence-electron chi connectivity index (χ3n) is 4.35. The molecule has 1 saturated carbocycles. The van der Waals surface area contributed by atoms with Crippen molar-refractivity contribution >= 4 is 32.8 Å². The molecule has 1 aliphatic carbocycles. The van der Waals surface area contributed by atoms with Gasteiger partial charge in [0.1, 0.15) is 0 Å². The Hall–Kier alpha value is -1.29. The van der Waals surface area contributed by atoms with Crippen LogP contribution in [-0.2, 0) is 11.8 Å². The molecule has 3 nitrogen and oxygen atoms in total. The summed E-state index contributed by atoms with van der Waals surface area (Å²) in [5, 5.41) is 1.25. The van der Waals surface area contributed by atoms with Crippen molar-refractivity contribution in [2.24, 2.45) is 7.05 Å². The standard InChI is InChI=1S/C16H18BrNO2.C2H6/c1-18-13-9-11(16(19)20-2)7-8-12(13)14(15(18)17)10-5-3-4-6-10;1-2/h7-10H,3-6H2,1-2H3;1-2H3. The Morgan fingerprint density at radius 3 is 2.50 bits per heavy atom. The molecule has 0 N–H and O–H groups in total. The molecule has 120 valence electrons. The van der Waals surface area contributed by atoms with Gasteiger partial charge in [0.15, 0.2) is 0 Å². The molecule has 1 aromatic carbocycles. The first-order chi connectivity index (χ1) is 10.6. The highest BCUT2D eigenvalue weighted by Gasteiger charge is 2.25. The van der Waals surface area contributed by atoms with Gasteiger partial charge in [0.2, 0.25) is 0 Å². The topological polar surface area (TPSA) is 31.2 Å². The van der Waals surface area contributed by atoms with E-state index in [1.54, 1.807) is 0 Å². The van der Waals surface area contributed by atoms with Crippen LogP contribution in [-0.4, -0.2) is 17.6 Å². The lowest BCUT2D eigenvalue weighted by atomic mass is 9.97. The van der Waals surface area contributed by atoms with Gasteiger partial charge in [-0.3, -0.25) is 0 Å². The molecule has 4 heteroatoms. The van der Waals surface area contributed by atoms with Crippen molar-refractivity contribution in [2.45, 2.75) is 45.4 Å². The number of carbonyl (C=O) groups excluding carboxylic acids is 1. The summed E-state index contributed by atoms with van der Waals surface area (Å²) in [4.78, 5) is 11.7. The van der Waals surface area contributed by atoms with E-state index in [4.69, 9.17) is 4.74 Å². The molecule has 0 bridgehead atoms. The van der Waals surface area contributed by atoms with Crippen LogP contribution in [0.3, 0.4) is 0 Å². The molecule has 0 atom stereocenters. The fourth-order valence-corrected chi connectivity index (χ4v) is 4.01. The van der Waals surface area contributed by atoms with Crippen molar-refractivity contribution in [1.29, 1.82) is 0 Å². The van der Waals surface area contributed by atoms with Crippen LogP contribution >= 0.6 is 15.9 Å². The number of fused-ring (bicyclic) bond motifs is 1. The van der Waals surface area contributed by atoms with Crippen LogP contribution in [0.1, 0.15) is 61.4 Å². The van der Waals surface area contributed by atoms with Crippen LogP contribution in [0, 0.1) is 0 Å². The number of methoxy groups -OCH3 is 1. The molecule has 1 fully saturated rings. The van der Waals surface area contributed by atoms with E-state index in [1.807, 2.05) is 33.0 Å². The Balaban J connectivity index is 0.000000847. The normalized spacial score (nSPS) is 14.8. The monoisotopic (exact) mass is 365 g/mol. The number of halogens is 1. The minimum absolute atomic E-state index is 0.286. The van der Waals surface area contributed by atoms with E-state index < -0.39 is 0 Å². The van der Waals surface area contributed by atoms with E-state index in [2.05, 4.69) is 26.6 Å². The largest absolute Gasteiger partial charge is 0.465 e. The highest BCUT2D eigenvalue weighted by Crippen LogP contribution is 2.42. The van der Waals surface area contributed by atoms with Crippen molar-refractivity contribution in [3.8, 4) is 0 Å². The lowest BCUT2D eigenvalue weighted by Gasteiger charge is -2.09. The second-order valence-corrected chi connectivity index (χ2v) is 6.22. The second-order valence-electron chi connectivity index (χ2n) is 5.47. The Labute approximate surface area is 140 Å². The number of rotatable bonds is 2. The lowest BCUT2D eigenvalue weighted by Crippen LogP contribution is -2.01. The van der Waals surface area contributed by atoms with Crippen molar-refractivity contribution in [1.82, 2.24) is 4.57 Å². The molecule has 1 aliphatic rings. The van der Waals surface area contributed by atoms with Crippen LogP contribution in [0.15, 0.2) is 22.8 Å². The molecule has 0 aliphatic heterocycles. The van der Waals surface area contributed by atoms with Gasteiger partial charge in [-0.1, -0.05) is 32.8 Å². The molecule has 0 unspecified atom stereocenters. The Bertz CT molecular complexity index is 669. The zero-order valence-electron chi connectivity index (χ0n) is 13.8. The average molecular weight is 366 g/mol. The van der Waals surface area contributed by atoms with E-state index in [-0.39, 0.29) is 5.97 Å². The van der Waals surface area contributed by atoms with Gasteiger partial charge in [0.05, 0.1) is 17.3 Å². The summed E-state index contributed by atoms with van der Waals surface area (Å²) in [7, 11) is 3.45. The summed E-state index contributed by atoms with van der Waals surface area (Å²) in [5.74, 6) is 0.351. The number of esters is 1. The molecule has 0 saturated heterocycles. The quantitative estimate of drug-likeness (QED) is 0.666. The second kappa shape index (κ2) is 7.32. The number of hydrogen-bond acceptors (Lipinski definition) is 2. The van der Waals surface area contributed by atoms with Gasteiger partial charge in [-0.15, -0.1) is 0 Å². The maximum absolute atomic E-state index is 11.7. The summed E-state index contributed by atoms with van der Waals surface area (Å²) >= 11 is 3.73. The molecular weight excluding hydrogens is 342 g/mol. The highest BCUT2D eigenvalue weighted by atomic mass is 79.9. The molecule has 1 aromatic heterocycles. The third kappa shape index (κ3) is 2.94. The van der Waals surface area contributed by atoms with Crippen molar-refractivity contribution in [3.05, 3.63) is 33.9 Å². The molecule has 0 spiro atoms. The summed E-state index contributed by atoms with van der Waals surface area (Å²) in [6.45, 7) is 4.00. The smallest absolute Gasteiger partial charge is 0.337 e. The van der Waals surface area contributed by atoms with Gasteiger partial charge in [0.25, 0.3) is 0 Å². The van der Waals surface area contributed by atoms with Gasteiger partial charge in [0, 0.05) is 18.0 Å². The number of hydrogen-bond donors (Lipinski definition) is 0. The predicted octanol–water partition coefficient (Wildman–Crippen LogP) is 5.41. The third-order valence-corrected chi connectivity index (χ3v) is 5.31. The summed E-state index contributed by atoms with van der Waals surface area (Å²) in [6.07, 6.45) is 5.15. The Kier molecular flexibility index (Phi) is 5.68. The molecule has 0 radical (unpaired) electrons. The van der Waals surface area contributed by atoms with Gasteiger partial charge < -0.3 is 9.30 Å². The number of ether oxygens (including phenoxy) is 1. The first-order valence-corrected chi connectivity index (χ1v) is 8.79. The summed E-state index contributed by atoms with van der Waals surface area (Å²) in [6, 6.07) is 5.84. The van der Waals surface area contributed by atoms with E-state index in [1.165, 1.54) is 43.7 Å². The minimum atomic E-state index is -0.286. The lowest BCUT2D eigenvalue weighted by molar-refractivity contribution is 0.0601. The highest BCUT2D eigenvalue weighted by molar-refractivity contribution is 9.10. The van der Waals surface area contributed by atoms with Crippen LogP contribution in [0.2, 0.25) is 0 Å². The van der Waals surface area contributed by atoms with Crippen molar-refractivity contribution in [2.75, 3.05) is 7.11 Å². The van der Waals surface area contributed by atoms with Crippen LogP contribution in [0.4, 0.5) is 0 Å². The first kappa shape index (κ1) is 17.1. The molecular formula is C18H24BrNO2. The Morgan fingerprint density at radius 2 is 1.91 bits per heavy atom.